The van der Waals surface area contributed by atoms with Gasteiger partial charge in [-0.15, -0.1) is 0 Å². The molecule has 2 rings (SSSR count). The van der Waals surface area contributed by atoms with Gasteiger partial charge in [-0.25, -0.2) is 10.1 Å². The highest BCUT2D eigenvalue weighted by molar-refractivity contribution is 7.84. The Hall–Kier alpha value is -1.40. The summed E-state index contributed by atoms with van der Waals surface area (Å²) in [4.78, 5) is 0.670. The topological polar surface area (TPSA) is 67.9 Å². The molecule has 1 aromatic rings. The summed E-state index contributed by atoms with van der Waals surface area (Å²) in [5.74, 6) is 6.81. The van der Waals surface area contributed by atoms with Gasteiger partial charge in [-0.3, -0.25) is 5.01 Å². The molecule has 6 heteroatoms. The fraction of sp³-hybridized carbons (Fsp3) is 0.222. The highest BCUT2D eigenvalue weighted by Crippen LogP contribution is 2.27. The summed E-state index contributed by atoms with van der Waals surface area (Å²) in [6, 6.07) is 5.28. The van der Waals surface area contributed by atoms with Crippen LogP contribution in [-0.4, -0.2) is 29.2 Å². The summed E-state index contributed by atoms with van der Waals surface area (Å²) in [5, 5.41) is 1.35. The van der Waals surface area contributed by atoms with Gasteiger partial charge in [0, 0.05) is 12.6 Å². The predicted octanol–water partition coefficient (Wildman–Crippen LogP) is 0.283. The molecule has 0 saturated heterocycles. The van der Waals surface area contributed by atoms with Crippen molar-refractivity contribution in [3.05, 3.63) is 23.8 Å². The lowest BCUT2D eigenvalue weighted by molar-refractivity contribution is 0.414. The van der Waals surface area contributed by atoms with Gasteiger partial charge in [-0.2, -0.15) is 4.40 Å². The maximum absolute atomic E-state index is 11.6. The van der Waals surface area contributed by atoms with E-state index < -0.39 is 11.0 Å². The van der Waals surface area contributed by atoms with E-state index in [4.69, 9.17) is 10.6 Å². The first-order valence-corrected chi connectivity index (χ1v) is 5.41. The average molecular weight is 225 g/mol. The fourth-order valence-corrected chi connectivity index (χ4v) is 2.40. The molecule has 0 radical (unpaired) electrons. The van der Waals surface area contributed by atoms with Crippen LogP contribution >= 0.6 is 0 Å². The number of nitrogens with two attached hydrogens (primary N) is 1. The molecule has 0 saturated carbocycles. The second-order valence-electron chi connectivity index (χ2n) is 3.14. The molecule has 0 spiro atoms. The van der Waals surface area contributed by atoms with Gasteiger partial charge in [0.2, 0.25) is 0 Å². The maximum Gasteiger partial charge on any atom is 0.175 e. The van der Waals surface area contributed by atoms with E-state index in [0.29, 0.717) is 16.5 Å². The summed E-state index contributed by atoms with van der Waals surface area (Å²) in [6.45, 7) is 0. The molecule has 0 bridgehead atoms. The molecular formula is C9H11N3O2S. The van der Waals surface area contributed by atoms with Crippen molar-refractivity contribution < 1.29 is 8.95 Å². The number of benzene rings is 1. The van der Waals surface area contributed by atoms with Crippen molar-refractivity contribution in [2.75, 3.05) is 14.2 Å². The van der Waals surface area contributed by atoms with Crippen LogP contribution in [0.2, 0.25) is 0 Å². The number of nitrogens with zero attached hydrogens (tertiary/aromatic N) is 2. The van der Waals surface area contributed by atoms with Crippen LogP contribution in [0.15, 0.2) is 27.5 Å². The molecule has 1 heterocycles. The molecule has 1 aromatic carbocycles. The number of amidine groups is 1. The van der Waals surface area contributed by atoms with Crippen LogP contribution in [-0.2, 0) is 11.0 Å². The van der Waals surface area contributed by atoms with Crippen LogP contribution in [0, 0.1) is 0 Å². The number of hydrazine groups is 1. The van der Waals surface area contributed by atoms with Gasteiger partial charge in [0.25, 0.3) is 0 Å². The Morgan fingerprint density at radius 3 is 2.87 bits per heavy atom. The molecular weight excluding hydrogens is 214 g/mol. The molecule has 80 valence electrons. The number of fused-ring (bicyclic) bond motifs is 1. The van der Waals surface area contributed by atoms with Crippen molar-refractivity contribution in [1.82, 2.24) is 5.01 Å². The van der Waals surface area contributed by atoms with Gasteiger partial charge in [0.1, 0.15) is 5.75 Å². The van der Waals surface area contributed by atoms with Gasteiger partial charge in [-0.1, -0.05) is 0 Å². The Kier molecular flexibility index (Phi) is 2.45. The van der Waals surface area contributed by atoms with E-state index >= 15 is 0 Å². The van der Waals surface area contributed by atoms with Crippen LogP contribution < -0.4 is 10.6 Å². The molecule has 0 aromatic heterocycles. The second kappa shape index (κ2) is 3.63. The Balaban J connectivity index is 2.55. The molecule has 15 heavy (non-hydrogen) atoms. The summed E-state index contributed by atoms with van der Waals surface area (Å²) in [6.07, 6.45) is 0. The minimum Gasteiger partial charge on any atom is -0.497 e. The molecule has 2 N–H and O–H groups in total. The van der Waals surface area contributed by atoms with Crippen LogP contribution in [0.3, 0.4) is 0 Å². The minimum absolute atomic E-state index is 0.516. The van der Waals surface area contributed by atoms with Gasteiger partial charge in [-0.05, 0) is 18.2 Å². The molecule has 0 aliphatic carbocycles. The first-order chi connectivity index (χ1) is 7.13. The molecule has 1 aliphatic heterocycles. The number of rotatable bonds is 1. The lowest BCUT2D eigenvalue weighted by Gasteiger charge is -2.12. The van der Waals surface area contributed by atoms with Crippen LogP contribution in [0.25, 0.3) is 0 Å². The summed E-state index contributed by atoms with van der Waals surface area (Å²) >= 11 is 0. The Labute approximate surface area is 90.1 Å². The molecule has 1 atom stereocenters. The minimum atomic E-state index is -1.35. The summed E-state index contributed by atoms with van der Waals surface area (Å²) < 4.78 is 20.6. The van der Waals surface area contributed by atoms with E-state index in [9.17, 15) is 4.21 Å². The van der Waals surface area contributed by atoms with Crippen LogP contribution in [0.5, 0.6) is 5.75 Å². The van der Waals surface area contributed by atoms with E-state index in [1.807, 2.05) is 0 Å². The molecule has 1 unspecified atom stereocenters. The van der Waals surface area contributed by atoms with E-state index in [0.717, 1.165) is 5.56 Å². The third-order valence-corrected chi connectivity index (χ3v) is 3.19. The van der Waals surface area contributed by atoms with Crippen molar-refractivity contribution in [3.63, 3.8) is 0 Å². The SMILES string of the molecule is COc1ccc2c(c1)C(N(C)N)=NS2=O. The van der Waals surface area contributed by atoms with Gasteiger partial charge in [0.15, 0.2) is 16.8 Å². The highest BCUT2D eigenvalue weighted by atomic mass is 32.2. The number of hydrogen-bond donors (Lipinski definition) is 1. The molecule has 5 nitrogen and oxygen atoms in total. The van der Waals surface area contributed by atoms with E-state index in [-0.39, 0.29) is 0 Å². The monoisotopic (exact) mass is 225 g/mol. The van der Waals surface area contributed by atoms with E-state index in [1.54, 1.807) is 32.4 Å². The lowest BCUT2D eigenvalue weighted by atomic mass is 10.2. The molecule has 1 aliphatic rings. The molecule has 0 fully saturated rings. The Bertz CT molecular complexity index is 457. The average Bonchev–Trinajstić information content (AvgIpc) is 2.56. The smallest absolute Gasteiger partial charge is 0.175 e. The first-order valence-electron chi connectivity index (χ1n) is 4.31. The highest BCUT2D eigenvalue weighted by Gasteiger charge is 2.24. The third-order valence-electron chi connectivity index (χ3n) is 2.12. The van der Waals surface area contributed by atoms with Gasteiger partial charge < -0.3 is 4.74 Å². The fourth-order valence-electron chi connectivity index (χ4n) is 1.39. The largest absolute Gasteiger partial charge is 0.497 e. The maximum atomic E-state index is 11.6. The number of ether oxygens (including phenoxy) is 1. The van der Waals surface area contributed by atoms with Crippen molar-refractivity contribution >= 4 is 16.8 Å². The number of hydrogen-bond acceptors (Lipinski definition) is 4. The Morgan fingerprint density at radius 1 is 1.53 bits per heavy atom. The van der Waals surface area contributed by atoms with Crippen molar-refractivity contribution in [2.24, 2.45) is 10.2 Å². The standard InChI is InChI=1S/C9H11N3O2S/c1-12(10)9-7-5-6(14-2)3-4-8(7)15(13)11-9/h3-5H,10H2,1-2H3. The third kappa shape index (κ3) is 1.62. The van der Waals surface area contributed by atoms with Crippen molar-refractivity contribution in [2.45, 2.75) is 4.90 Å². The van der Waals surface area contributed by atoms with Crippen molar-refractivity contribution in [1.29, 1.82) is 0 Å². The van der Waals surface area contributed by atoms with E-state index in [1.165, 1.54) is 5.01 Å². The summed E-state index contributed by atoms with van der Waals surface area (Å²) in [5.41, 5.74) is 0.762. The Morgan fingerprint density at radius 2 is 2.27 bits per heavy atom. The molecule has 0 amide bonds. The quantitative estimate of drug-likeness (QED) is 0.551. The van der Waals surface area contributed by atoms with Gasteiger partial charge >= 0.3 is 0 Å². The van der Waals surface area contributed by atoms with Gasteiger partial charge in [0.05, 0.1) is 12.0 Å². The summed E-state index contributed by atoms with van der Waals surface area (Å²) in [7, 11) is 1.89. The zero-order valence-electron chi connectivity index (χ0n) is 8.43. The number of methoxy groups -OCH3 is 1. The van der Waals surface area contributed by atoms with Crippen LogP contribution in [0.4, 0.5) is 0 Å². The zero-order valence-corrected chi connectivity index (χ0v) is 9.25. The zero-order chi connectivity index (χ0) is 11.0. The van der Waals surface area contributed by atoms with Crippen molar-refractivity contribution in [3.8, 4) is 5.75 Å². The lowest BCUT2D eigenvalue weighted by Crippen LogP contribution is -2.32. The normalized spacial score (nSPS) is 18.3. The second-order valence-corrected chi connectivity index (χ2v) is 4.26. The van der Waals surface area contributed by atoms with Crippen LogP contribution in [0.1, 0.15) is 5.56 Å². The predicted molar refractivity (Wildman–Crippen MR) is 57.9 cm³/mol. The first kappa shape index (κ1) is 10.1. The van der Waals surface area contributed by atoms with E-state index in [2.05, 4.69) is 4.40 Å².